The first kappa shape index (κ1) is 12.7. The third-order valence-corrected chi connectivity index (χ3v) is 3.07. The van der Waals surface area contributed by atoms with Crippen LogP contribution in [0, 0.1) is 6.92 Å². The van der Waals surface area contributed by atoms with E-state index < -0.39 is 11.9 Å². The summed E-state index contributed by atoms with van der Waals surface area (Å²) in [7, 11) is 1.19. The highest BCUT2D eigenvalue weighted by Crippen LogP contribution is 2.16. The molecule has 0 bridgehead atoms. The first-order chi connectivity index (χ1) is 7.52. The number of nitrogens with one attached hydrogen (secondary N) is 1. The van der Waals surface area contributed by atoms with Gasteiger partial charge in [-0.3, -0.25) is 4.79 Å². The Morgan fingerprint density at radius 1 is 1.50 bits per heavy atom. The largest absolute Gasteiger partial charge is 0.462 e. The fraction of sp³-hybridized carbons (Fsp3) is 0.455. The Bertz CT molecular complexity index is 386. The maximum atomic E-state index is 11.2. The molecule has 0 aliphatic heterocycles. The third kappa shape index (κ3) is 3.66. The Balaban J connectivity index is 2.44. The van der Waals surface area contributed by atoms with E-state index in [1.807, 2.05) is 26.0 Å². The van der Waals surface area contributed by atoms with Gasteiger partial charge in [0.05, 0.1) is 7.11 Å². The molecule has 88 valence electrons. The molecule has 4 nitrogen and oxygen atoms in total. The van der Waals surface area contributed by atoms with Gasteiger partial charge in [-0.05, 0) is 26.0 Å². The van der Waals surface area contributed by atoms with Crippen LogP contribution in [0.2, 0.25) is 0 Å². The maximum absolute atomic E-state index is 11.2. The number of rotatable bonds is 3. The molecular weight excluding hydrogens is 226 g/mol. The molecule has 0 aliphatic carbocycles. The molecule has 1 aromatic heterocycles. The molecule has 1 aromatic rings. The van der Waals surface area contributed by atoms with Crippen molar-refractivity contribution in [2.45, 2.75) is 26.3 Å². The number of aryl methyl sites for hydroxylation is 1. The number of thiophene rings is 1. The van der Waals surface area contributed by atoms with Crippen molar-refractivity contribution in [3.63, 3.8) is 0 Å². The molecule has 5 heteroatoms. The fourth-order valence-corrected chi connectivity index (χ4v) is 2.34. The molecule has 16 heavy (non-hydrogen) atoms. The van der Waals surface area contributed by atoms with Gasteiger partial charge in [-0.15, -0.1) is 11.3 Å². The Morgan fingerprint density at radius 3 is 2.69 bits per heavy atom. The highest BCUT2D eigenvalue weighted by molar-refractivity contribution is 7.11. The van der Waals surface area contributed by atoms with E-state index in [1.54, 1.807) is 11.3 Å². The van der Waals surface area contributed by atoms with Gasteiger partial charge in [0.25, 0.3) is 0 Å². The number of carbonyl (C=O) groups excluding carboxylic acids is 2. The van der Waals surface area contributed by atoms with E-state index >= 15 is 0 Å². The van der Waals surface area contributed by atoms with Gasteiger partial charge in [0.15, 0.2) is 0 Å². The van der Waals surface area contributed by atoms with E-state index in [-0.39, 0.29) is 6.04 Å². The van der Waals surface area contributed by atoms with Gasteiger partial charge in [-0.2, -0.15) is 0 Å². The van der Waals surface area contributed by atoms with Crippen LogP contribution in [-0.4, -0.2) is 25.0 Å². The van der Waals surface area contributed by atoms with Crippen molar-refractivity contribution in [3.8, 4) is 0 Å². The van der Waals surface area contributed by atoms with Crippen LogP contribution in [0.5, 0.6) is 0 Å². The van der Waals surface area contributed by atoms with Crippen molar-refractivity contribution >= 4 is 23.2 Å². The predicted octanol–water partition coefficient (Wildman–Crippen LogP) is 1.28. The lowest BCUT2D eigenvalue weighted by Gasteiger charge is -2.11. The lowest BCUT2D eigenvalue weighted by molar-refractivity contribution is -0.153. The lowest BCUT2D eigenvalue weighted by Crippen LogP contribution is -2.39. The first-order valence-electron chi connectivity index (χ1n) is 4.97. The number of ether oxygens (including phenoxy) is 1. The summed E-state index contributed by atoms with van der Waals surface area (Å²) in [4.78, 5) is 24.5. The SMILES string of the molecule is COC(=O)C(=O)NC(C)Cc1ccc(C)s1. The van der Waals surface area contributed by atoms with Gasteiger partial charge in [0, 0.05) is 22.2 Å². The topological polar surface area (TPSA) is 55.4 Å². The van der Waals surface area contributed by atoms with E-state index in [2.05, 4.69) is 10.1 Å². The number of methoxy groups -OCH3 is 1. The first-order valence-corrected chi connectivity index (χ1v) is 5.78. The standard InChI is InChI=1S/C11H15NO3S/c1-7(12-10(13)11(14)15-3)6-9-5-4-8(2)16-9/h4-5,7H,6H2,1-3H3,(H,12,13). The summed E-state index contributed by atoms with van der Waals surface area (Å²) < 4.78 is 4.32. The zero-order valence-electron chi connectivity index (χ0n) is 9.57. The number of carbonyl (C=O) groups is 2. The minimum Gasteiger partial charge on any atom is -0.462 e. The number of hydrogen-bond acceptors (Lipinski definition) is 4. The lowest BCUT2D eigenvalue weighted by atomic mass is 10.2. The Morgan fingerprint density at radius 2 is 2.19 bits per heavy atom. The van der Waals surface area contributed by atoms with Crippen LogP contribution < -0.4 is 5.32 Å². The minimum atomic E-state index is -0.853. The van der Waals surface area contributed by atoms with Crippen LogP contribution >= 0.6 is 11.3 Å². The molecule has 0 spiro atoms. The molecule has 1 unspecified atom stereocenters. The quantitative estimate of drug-likeness (QED) is 0.640. The molecule has 1 N–H and O–H groups in total. The smallest absolute Gasteiger partial charge is 0.396 e. The second-order valence-electron chi connectivity index (χ2n) is 3.58. The summed E-state index contributed by atoms with van der Waals surface area (Å²) in [6.07, 6.45) is 0.723. The molecular formula is C11H15NO3S. The van der Waals surface area contributed by atoms with Gasteiger partial charge < -0.3 is 10.1 Å². The summed E-state index contributed by atoms with van der Waals surface area (Å²) in [5.74, 6) is -1.54. The van der Waals surface area contributed by atoms with Gasteiger partial charge in [-0.1, -0.05) is 0 Å². The highest BCUT2D eigenvalue weighted by atomic mass is 32.1. The monoisotopic (exact) mass is 241 g/mol. The number of amides is 1. The van der Waals surface area contributed by atoms with Crippen molar-refractivity contribution in [3.05, 3.63) is 21.9 Å². The molecule has 0 aliphatic rings. The zero-order valence-corrected chi connectivity index (χ0v) is 10.4. The van der Waals surface area contributed by atoms with Gasteiger partial charge in [0.1, 0.15) is 0 Å². The van der Waals surface area contributed by atoms with Crippen molar-refractivity contribution in [1.82, 2.24) is 5.32 Å². The van der Waals surface area contributed by atoms with Gasteiger partial charge >= 0.3 is 11.9 Å². The highest BCUT2D eigenvalue weighted by Gasteiger charge is 2.16. The van der Waals surface area contributed by atoms with E-state index in [0.717, 1.165) is 6.42 Å². The number of esters is 1. The number of hydrogen-bond donors (Lipinski definition) is 1. The van der Waals surface area contributed by atoms with Crippen LogP contribution in [0.15, 0.2) is 12.1 Å². The zero-order chi connectivity index (χ0) is 12.1. The molecule has 1 amide bonds. The van der Waals surface area contributed by atoms with Crippen LogP contribution in [0.1, 0.15) is 16.7 Å². The second kappa shape index (κ2) is 5.65. The third-order valence-electron chi connectivity index (χ3n) is 2.05. The van der Waals surface area contributed by atoms with Crippen LogP contribution in [0.4, 0.5) is 0 Å². The van der Waals surface area contributed by atoms with Gasteiger partial charge in [-0.25, -0.2) is 4.79 Å². The normalized spacial score (nSPS) is 11.9. The van der Waals surface area contributed by atoms with Crippen molar-refractivity contribution in [2.24, 2.45) is 0 Å². The molecule has 0 fully saturated rings. The average molecular weight is 241 g/mol. The summed E-state index contributed by atoms with van der Waals surface area (Å²) in [6, 6.07) is 3.99. The molecule has 0 radical (unpaired) electrons. The Labute approximate surface area is 98.6 Å². The summed E-state index contributed by atoms with van der Waals surface area (Å²) in [5.41, 5.74) is 0. The summed E-state index contributed by atoms with van der Waals surface area (Å²) in [5, 5.41) is 2.58. The minimum absolute atomic E-state index is 0.0790. The van der Waals surface area contributed by atoms with Crippen LogP contribution in [0.3, 0.4) is 0 Å². The molecule has 0 saturated carbocycles. The van der Waals surface area contributed by atoms with Crippen molar-refractivity contribution in [1.29, 1.82) is 0 Å². The maximum Gasteiger partial charge on any atom is 0.396 e. The molecule has 1 heterocycles. The van der Waals surface area contributed by atoms with E-state index in [9.17, 15) is 9.59 Å². The van der Waals surface area contributed by atoms with Crippen molar-refractivity contribution < 1.29 is 14.3 Å². The van der Waals surface area contributed by atoms with Crippen LogP contribution in [0.25, 0.3) is 0 Å². The summed E-state index contributed by atoms with van der Waals surface area (Å²) in [6.45, 7) is 3.89. The molecule has 0 saturated heterocycles. The van der Waals surface area contributed by atoms with E-state index in [1.165, 1.54) is 16.9 Å². The van der Waals surface area contributed by atoms with Crippen LogP contribution in [-0.2, 0) is 20.7 Å². The predicted molar refractivity (Wildman–Crippen MR) is 62.4 cm³/mol. The van der Waals surface area contributed by atoms with Gasteiger partial charge in [0.2, 0.25) is 0 Å². The van der Waals surface area contributed by atoms with E-state index in [4.69, 9.17) is 0 Å². The van der Waals surface area contributed by atoms with Crippen molar-refractivity contribution in [2.75, 3.05) is 7.11 Å². The Hall–Kier alpha value is -1.36. The molecule has 1 rings (SSSR count). The van der Waals surface area contributed by atoms with E-state index in [0.29, 0.717) is 0 Å². The fourth-order valence-electron chi connectivity index (χ4n) is 1.32. The average Bonchev–Trinajstić information content (AvgIpc) is 2.62. The Kier molecular flexibility index (Phi) is 4.49. The molecule has 0 aromatic carbocycles. The molecule has 1 atom stereocenters. The second-order valence-corrected chi connectivity index (χ2v) is 4.96. The summed E-state index contributed by atoms with van der Waals surface area (Å²) >= 11 is 1.69.